The lowest BCUT2D eigenvalue weighted by Crippen LogP contribution is -2.28. The van der Waals surface area contributed by atoms with Crippen LogP contribution in [-0.4, -0.2) is 27.8 Å². The van der Waals surface area contributed by atoms with Gasteiger partial charge >= 0.3 is 0 Å². The highest BCUT2D eigenvalue weighted by Crippen LogP contribution is 2.19. The third kappa shape index (κ3) is 5.01. The normalized spacial score (nSPS) is 10.9. The monoisotopic (exact) mass is 395 g/mol. The van der Waals surface area contributed by atoms with Crippen molar-refractivity contribution in [2.75, 3.05) is 12.3 Å². The molecule has 0 fully saturated rings. The van der Waals surface area contributed by atoms with Gasteiger partial charge in [0, 0.05) is 6.54 Å². The first-order valence-electron chi connectivity index (χ1n) is 9.53. The molecule has 1 heterocycles. The largest absolute Gasteiger partial charge is 0.355 e. The van der Waals surface area contributed by atoms with Crippen LogP contribution in [0.3, 0.4) is 0 Å². The molecule has 6 heteroatoms. The average Bonchev–Trinajstić information content (AvgIpc) is 2.70. The number of aromatic nitrogens is 2. The van der Waals surface area contributed by atoms with E-state index < -0.39 is 0 Å². The third-order valence-corrected chi connectivity index (χ3v) is 5.45. The molecular weight excluding hydrogens is 370 g/mol. The van der Waals surface area contributed by atoms with Crippen LogP contribution in [0.1, 0.15) is 30.9 Å². The van der Waals surface area contributed by atoms with Gasteiger partial charge in [0.2, 0.25) is 5.91 Å². The van der Waals surface area contributed by atoms with Crippen molar-refractivity contribution < 1.29 is 4.79 Å². The number of unbranched alkanes of at least 4 members (excludes halogenated alkanes) is 1. The van der Waals surface area contributed by atoms with Crippen molar-refractivity contribution in [2.24, 2.45) is 0 Å². The molecule has 3 rings (SSSR count). The van der Waals surface area contributed by atoms with E-state index in [9.17, 15) is 9.59 Å². The van der Waals surface area contributed by atoms with Gasteiger partial charge in [-0.1, -0.05) is 67.1 Å². The topological polar surface area (TPSA) is 64.0 Å². The van der Waals surface area contributed by atoms with Crippen molar-refractivity contribution in [1.29, 1.82) is 0 Å². The molecular formula is C22H25N3O2S. The second-order valence-electron chi connectivity index (χ2n) is 6.78. The van der Waals surface area contributed by atoms with Crippen LogP contribution >= 0.6 is 11.8 Å². The number of aryl methyl sites for hydroxylation is 1. The summed E-state index contributed by atoms with van der Waals surface area (Å²) in [5, 5.41) is 4.06. The Balaban J connectivity index is 1.89. The Hall–Kier alpha value is -2.60. The summed E-state index contributed by atoms with van der Waals surface area (Å²) in [6.45, 7) is 5.23. The molecule has 1 aromatic heterocycles. The number of para-hydroxylation sites is 1. The smallest absolute Gasteiger partial charge is 0.262 e. The quantitative estimate of drug-likeness (QED) is 0.358. The zero-order valence-corrected chi connectivity index (χ0v) is 17.1. The molecule has 0 radical (unpaired) electrons. The minimum Gasteiger partial charge on any atom is -0.355 e. The molecule has 3 aromatic rings. The van der Waals surface area contributed by atoms with Gasteiger partial charge in [0.05, 0.1) is 23.2 Å². The molecule has 2 aromatic carbocycles. The van der Waals surface area contributed by atoms with Gasteiger partial charge in [0.15, 0.2) is 5.16 Å². The van der Waals surface area contributed by atoms with Gasteiger partial charge in [0.25, 0.3) is 5.56 Å². The molecule has 0 atom stereocenters. The van der Waals surface area contributed by atoms with Crippen LogP contribution in [0.4, 0.5) is 0 Å². The second kappa shape index (κ2) is 9.55. The first kappa shape index (κ1) is 20.1. The summed E-state index contributed by atoms with van der Waals surface area (Å²) in [5.74, 6) is 0.199. The van der Waals surface area contributed by atoms with Crippen molar-refractivity contribution in [3.63, 3.8) is 0 Å². The summed E-state index contributed by atoms with van der Waals surface area (Å²) in [6, 6.07) is 15.4. The third-order valence-electron chi connectivity index (χ3n) is 4.47. The number of carbonyl (C=O) groups is 1. The minimum atomic E-state index is -0.0833. The van der Waals surface area contributed by atoms with Crippen molar-refractivity contribution in [1.82, 2.24) is 14.9 Å². The molecule has 0 aliphatic heterocycles. The van der Waals surface area contributed by atoms with Crippen LogP contribution in [-0.2, 0) is 11.3 Å². The van der Waals surface area contributed by atoms with Gasteiger partial charge in [0.1, 0.15) is 0 Å². The van der Waals surface area contributed by atoms with Gasteiger partial charge in [-0.15, -0.1) is 0 Å². The molecule has 0 bridgehead atoms. The summed E-state index contributed by atoms with van der Waals surface area (Å²) in [4.78, 5) is 29.8. The highest BCUT2D eigenvalue weighted by molar-refractivity contribution is 7.99. The minimum absolute atomic E-state index is 0.0391. The fourth-order valence-electron chi connectivity index (χ4n) is 2.86. The zero-order valence-electron chi connectivity index (χ0n) is 16.3. The Morgan fingerprint density at radius 1 is 1.14 bits per heavy atom. The number of carbonyl (C=O) groups excluding carboxylic acids is 1. The number of hydrogen-bond acceptors (Lipinski definition) is 4. The molecule has 5 nitrogen and oxygen atoms in total. The van der Waals surface area contributed by atoms with Crippen molar-refractivity contribution in [2.45, 2.75) is 38.4 Å². The van der Waals surface area contributed by atoms with Crippen molar-refractivity contribution in [3.8, 4) is 0 Å². The highest BCUT2D eigenvalue weighted by atomic mass is 32.2. The van der Waals surface area contributed by atoms with E-state index in [1.165, 1.54) is 17.3 Å². The summed E-state index contributed by atoms with van der Waals surface area (Å²) in [7, 11) is 0. The molecule has 146 valence electrons. The number of fused-ring (bicyclic) bond motifs is 1. The van der Waals surface area contributed by atoms with Gasteiger partial charge in [-0.2, -0.15) is 0 Å². The van der Waals surface area contributed by atoms with E-state index in [2.05, 4.69) is 17.2 Å². The number of nitrogens with zero attached hydrogens (tertiary/aromatic N) is 2. The average molecular weight is 396 g/mol. The molecule has 1 N–H and O–H groups in total. The van der Waals surface area contributed by atoms with Crippen molar-refractivity contribution in [3.05, 3.63) is 70.0 Å². The summed E-state index contributed by atoms with van der Waals surface area (Å²) >= 11 is 1.30. The first-order chi connectivity index (χ1) is 13.6. The molecule has 0 aliphatic carbocycles. The molecule has 0 saturated carbocycles. The number of hydrogen-bond donors (Lipinski definition) is 1. The number of rotatable bonds is 8. The van der Waals surface area contributed by atoms with Crippen LogP contribution in [0.5, 0.6) is 0 Å². The maximum absolute atomic E-state index is 13.1. The summed E-state index contributed by atoms with van der Waals surface area (Å²) in [6.07, 6.45) is 2.00. The van der Waals surface area contributed by atoms with E-state index in [1.807, 2.05) is 49.4 Å². The molecule has 1 amide bonds. The van der Waals surface area contributed by atoms with Crippen LogP contribution < -0.4 is 10.9 Å². The Labute approximate surface area is 169 Å². The lowest BCUT2D eigenvalue weighted by molar-refractivity contribution is -0.118. The Kier molecular flexibility index (Phi) is 6.87. The van der Waals surface area contributed by atoms with E-state index in [0.29, 0.717) is 29.1 Å². The Morgan fingerprint density at radius 2 is 1.89 bits per heavy atom. The molecule has 0 saturated heterocycles. The van der Waals surface area contributed by atoms with Crippen LogP contribution in [0.2, 0.25) is 0 Å². The molecule has 0 aliphatic rings. The van der Waals surface area contributed by atoms with E-state index >= 15 is 0 Å². The zero-order chi connectivity index (χ0) is 19.9. The van der Waals surface area contributed by atoms with Crippen LogP contribution in [0, 0.1) is 6.92 Å². The van der Waals surface area contributed by atoms with E-state index in [1.54, 1.807) is 10.6 Å². The summed E-state index contributed by atoms with van der Waals surface area (Å²) < 4.78 is 1.66. The SMILES string of the molecule is CCCCNC(=O)CSc1nc2ccccc2c(=O)n1Cc1ccc(C)cc1. The Bertz CT molecular complexity index is 1010. The van der Waals surface area contributed by atoms with Gasteiger partial charge in [-0.05, 0) is 31.0 Å². The Morgan fingerprint density at radius 3 is 2.64 bits per heavy atom. The first-order valence-corrected chi connectivity index (χ1v) is 10.5. The number of amides is 1. The lowest BCUT2D eigenvalue weighted by Gasteiger charge is -2.13. The predicted molar refractivity (Wildman–Crippen MR) is 115 cm³/mol. The molecule has 28 heavy (non-hydrogen) atoms. The van der Waals surface area contributed by atoms with E-state index in [0.717, 1.165) is 18.4 Å². The van der Waals surface area contributed by atoms with Gasteiger partial charge < -0.3 is 5.32 Å². The molecule has 0 spiro atoms. The van der Waals surface area contributed by atoms with Crippen molar-refractivity contribution >= 4 is 28.6 Å². The van der Waals surface area contributed by atoms with Gasteiger partial charge in [-0.3, -0.25) is 14.2 Å². The number of benzene rings is 2. The predicted octanol–water partition coefficient (Wildman–Crippen LogP) is 3.76. The van der Waals surface area contributed by atoms with Crippen LogP contribution in [0.15, 0.2) is 58.5 Å². The number of nitrogens with one attached hydrogen (secondary N) is 1. The van der Waals surface area contributed by atoms with E-state index in [4.69, 9.17) is 0 Å². The van der Waals surface area contributed by atoms with E-state index in [-0.39, 0.29) is 17.2 Å². The maximum Gasteiger partial charge on any atom is 0.262 e. The summed E-state index contributed by atoms with van der Waals surface area (Å²) in [5.41, 5.74) is 2.77. The highest BCUT2D eigenvalue weighted by Gasteiger charge is 2.13. The lowest BCUT2D eigenvalue weighted by atomic mass is 10.1. The van der Waals surface area contributed by atoms with Crippen LogP contribution in [0.25, 0.3) is 10.9 Å². The fourth-order valence-corrected chi connectivity index (χ4v) is 3.69. The van der Waals surface area contributed by atoms with Gasteiger partial charge in [-0.25, -0.2) is 4.98 Å². The maximum atomic E-state index is 13.1. The number of thioether (sulfide) groups is 1. The standard InChI is InChI=1S/C22H25N3O2S/c1-3-4-13-23-20(26)15-28-22-24-19-8-6-5-7-18(19)21(27)25(22)14-17-11-9-16(2)10-12-17/h5-12H,3-4,13-15H2,1-2H3,(H,23,26). The molecule has 0 unspecified atom stereocenters. The second-order valence-corrected chi connectivity index (χ2v) is 7.72. The fraction of sp³-hybridized carbons (Fsp3) is 0.318.